The lowest BCUT2D eigenvalue weighted by molar-refractivity contribution is 0.435. The zero-order valence-corrected chi connectivity index (χ0v) is 14.2. The number of thiophene rings is 1. The molecule has 1 aliphatic rings. The first kappa shape index (κ1) is 15.0. The summed E-state index contributed by atoms with van der Waals surface area (Å²) in [5, 5.41) is 4.74. The van der Waals surface area contributed by atoms with E-state index in [1.165, 1.54) is 11.3 Å². The van der Waals surface area contributed by atoms with E-state index >= 15 is 0 Å². The Morgan fingerprint density at radius 1 is 1.43 bits per heavy atom. The molecular weight excluding hydrogens is 330 g/mol. The van der Waals surface area contributed by atoms with Gasteiger partial charge in [0.1, 0.15) is 4.21 Å². The van der Waals surface area contributed by atoms with Crippen LogP contribution in [0.5, 0.6) is 0 Å². The second kappa shape index (κ2) is 5.39. The van der Waals surface area contributed by atoms with Gasteiger partial charge in [-0.05, 0) is 31.9 Å². The van der Waals surface area contributed by atoms with Crippen LogP contribution in [-0.2, 0) is 10.0 Å². The summed E-state index contributed by atoms with van der Waals surface area (Å²) in [5.74, 6) is 0. The highest BCUT2D eigenvalue weighted by Crippen LogP contribution is 2.33. The maximum Gasteiger partial charge on any atom is 0.252 e. The highest BCUT2D eigenvalue weighted by molar-refractivity contribution is 7.91. The van der Waals surface area contributed by atoms with Gasteiger partial charge >= 0.3 is 0 Å². The molecular formula is C13H16ClN3O2S2. The first-order valence-corrected chi connectivity index (χ1v) is 9.28. The third kappa shape index (κ3) is 2.75. The van der Waals surface area contributed by atoms with Gasteiger partial charge in [-0.3, -0.25) is 4.68 Å². The SMILES string of the molecule is Cc1cc(C)c(S(=O)(=O)N2CCC(n3cc(Cl)cn3)C2)s1. The summed E-state index contributed by atoms with van der Waals surface area (Å²) >= 11 is 7.21. The van der Waals surface area contributed by atoms with E-state index in [0.717, 1.165) is 16.9 Å². The number of halogens is 1. The van der Waals surface area contributed by atoms with E-state index < -0.39 is 10.0 Å². The molecule has 0 aliphatic carbocycles. The van der Waals surface area contributed by atoms with Gasteiger partial charge in [0, 0.05) is 24.2 Å². The van der Waals surface area contributed by atoms with Crippen LogP contribution in [0.25, 0.3) is 0 Å². The van der Waals surface area contributed by atoms with Gasteiger partial charge < -0.3 is 0 Å². The second-order valence-corrected chi connectivity index (χ2v) is 9.10. The lowest BCUT2D eigenvalue weighted by atomic mass is 10.3. The van der Waals surface area contributed by atoms with Crippen LogP contribution >= 0.6 is 22.9 Å². The summed E-state index contributed by atoms with van der Waals surface area (Å²) in [4.78, 5) is 1.01. The Morgan fingerprint density at radius 3 is 2.76 bits per heavy atom. The molecule has 21 heavy (non-hydrogen) atoms. The monoisotopic (exact) mass is 345 g/mol. The second-order valence-electron chi connectivity index (χ2n) is 5.27. The minimum atomic E-state index is -3.40. The lowest BCUT2D eigenvalue weighted by Crippen LogP contribution is -2.29. The quantitative estimate of drug-likeness (QED) is 0.859. The predicted molar refractivity (Wildman–Crippen MR) is 83.4 cm³/mol. The van der Waals surface area contributed by atoms with Crippen molar-refractivity contribution in [2.24, 2.45) is 0 Å². The molecule has 0 bridgehead atoms. The van der Waals surface area contributed by atoms with E-state index in [1.807, 2.05) is 19.9 Å². The Morgan fingerprint density at radius 2 is 2.19 bits per heavy atom. The fourth-order valence-electron chi connectivity index (χ4n) is 2.65. The average molecular weight is 346 g/mol. The highest BCUT2D eigenvalue weighted by Gasteiger charge is 2.35. The number of hydrogen-bond acceptors (Lipinski definition) is 4. The van der Waals surface area contributed by atoms with E-state index in [2.05, 4.69) is 5.10 Å². The van der Waals surface area contributed by atoms with E-state index in [1.54, 1.807) is 21.4 Å². The molecule has 0 radical (unpaired) electrons. The first-order chi connectivity index (χ1) is 9.88. The van der Waals surface area contributed by atoms with Gasteiger partial charge in [0.15, 0.2) is 0 Å². The van der Waals surface area contributed by atoms with Crippen LogP contribution in [0.2, 0.25) is 5.02 Å². The number of sulfonamides is 1. The van der Waals surface area contributed by atoms with Crippen molar-refractivity contribution in [2.75, 3.05) is 13.1 Å². The van der Waals surface area contributed by atoms with Crippen molar-refractivity contribution >= 4 is 33.0 Å². The van der Waals surface area contributed by atoms with E-state index in [0.29, 0.717) is 22.3 Å². The van der Waals surface area contributed by atoms with Crippen LogP contribution in [0.4, 0.5) is 0 Å². The molecule has 1 aliphatic heterocycles. The lowest BCUT2D eigenvalue weighted by Gasteiger charge is -2.16. The molecule has 0 amide bonds. The number of aromatic nitrogens is 2. The number of nitrogens with zero attached hydrogens (tertiary/aromatic N) is 3. The van der Waals surface area contributed by atoms with Crippen LogP contribution in [0.3, 0.4) is 0 Å². The van der Waals surface area contributed by atoms with Gasteiger partial charge in [-0.1, -0.05) is 11.6 Å². The van der Waals surface area contributed by atoms with Gasteiger partial charge in [0.05, 0.1) is 17.3 Å². The molecule has 3 rings (SSSR count). The fraction of sp³-hybridized carbons (Fsp3) is 0.462. The van der Waals surface area contributed by atoms with E-state index in [9.17, 15) is 8.42 Å². The molecule has 8 heteroatoms. The molecule has 0 saturated carbocycles. The number of hydrogen-bond donors (Lipinski definition) is 0. The minimum Gasteiger partial charge on any atom is -0.267 e. The van der Waals surface area contributed by atoms with Crippen molar-refractivity contribution in [3.8, 4) is 0 Å². The van der Waals surface area contributed by atoms with Gasteiger partial charge in [0.25, 0.3) is 10.0 Å². The van der Waals surface area contributed by atoms with Gasteiger partial charge in [-0.2, -0.15) is 9.40 Å². The van der Waals surface area contributed by atoms with Crippen LogP contribution in [0, 0.1) is 13.8 Å². The third-order valence-electron chi connectivity index (χ3n) is 3.64. The van der Waals surface area contributed by atoms with E-state index in [-0.39, 0.29) is 6.04 Å². The van der Waals surface area contributed by atoms with Crippen molar-refractivity contribution in [3.63, 3.8) is 0 Å². The average Bonchev–Trinajstić information content (AvgIpc) is 3.08. The molecule has 2 aromatic rings. The maximum atomic E-state index is 12.7. The molecule has 114 valence electrons. The van der Waals surface area contributed by atoms with Crippen molar-refractivity contribution in [2.45, 2.75) is 30.5 Å². The molecule has 1 unspecified atom stereocenters. The zero-order valence-electron chi connectivity index (χ0n) is 11.8. The van der Waals surface area contributed by atoms with Gasteiger partial charge in [0.2, 0.25) is 0 Å². The first-order valence-electron chi connectivity index (χ1n) is 6.65. The largest absolute Gasteiger partial charge is 0.267 e. The predicted octanol–water partition coefficient (Wildman–Crippen LogP) is 2.85. The van der Waals surface area contributed by atoms with Crippen molar-refractivity contribution < 1.29 is 8.42 Å². The van der Waals surface area contributed by atoms with Crippen LogP contribution in [0.1, 0.15) is 22.9 Å². The summed E-state index contributed by atoms with van der Waals surface area (Å²) in [6, 6.07) is 1.96. The van der Waals surface area contributed by atoms with Crippen molar-refractivity contribution in [3.05, 3.63) is 33.9 Å². The molecule has 5 nitrogen and oxygen atoms in total. The summed E-state index contributed by atoms with van der Waals surface area (Å²) < 4.78 is 29.2. The summed E-state index contributed by atoms with van der Waals surface area (Å²) in [6.07, 6.45) is 4.06. The number of aryl methyl sites for hydroxylation is 2. The smallest absolute Gasteiger partial charge is 0.252 e. The van der Waals surface area contributed by atoms with Gasteiger partial charge in [-0.15, -0.1) is 11.3 Å². The molecule has 1 atom stereocenters. The Labute approximate surface area is 133 Å². The van der Waals surface area contributed by atoms with Gasteiger partial charge in [-0.25, -0.2) is 8.42 Å². The standard InChI is InChI=1S/C13H16ClN3O2S2/c1-9-5-10(2)20-13(9)21(18,19)16-4-3-12(8-16)17-7-11(14)6-15-17/h5-7,12H,3-4,8H2,1-2H3. The summed E-state index contributed by atoms with van der Waals surface area (Å²) in [6.45, 7) is 4.73. The minimum absolute atomic E-state index is 0.0497. The number of rotatable bonds is 3. The Bertz CT molecular complexity index is 766. The van der Waals surface area contributed by atoms with Crippen LogP contribution < -0.4 is 0 Å². The molecule has 1 fully saturated rings. The topological polar surface area (TPSA) is 55.2 Å². The molecule has 0 spiro atoms. The van der Waals surface area contributed by atoms with Crippen LogP contribution in [-0.4, -0.2) is 35.6 Å². The molecule has 0 aromatic carbocycles. The Kier molecular flexibility index (Phi) is 3.85. The van der Waals surface area contributed by atoms with Crippen LogP contribution in [0.15, 0.2) is 22.7 Å². The normalized spacial score (nSPS) is 20.2. The summed E-state index contributed by atoms with van der Waals surface area (Å²) in [5.41, 5.74) is 0.822. The highest BCUT2D eigenvalue weighted by atomic mass is 35.5. The fourth-order valence-corrected chi connectivity index (χ4v) is 6.09. The third-order valence-corrected chi connectivity index (χ3v) is 7.47. The molecule has 3 heterocycles. The summed E-state index contributed by atoms with van der Waals surface area (Å²) in [7, 11) is -3.40. The molecule has 1 saturated heterocycles. The van der Waals surface area contributed by atoms with E-state index in [4.69, 9.17) is 11.6 Å². The molecule has 0 N–H and O–H groups in total. The Hall–Kier alpha value is -0.890. The maximum absolute atomic E-state index is 12.7. The van der Waals surface area contributed by atoms with Crippen molar-refractivity contribution in [1.29, 1.82) is 0 Å². The van der Waals surface area contributed by atoms with Crippen molar-refractivity contribution in [1.82, 2.24) is 14.1 Å². The molecule has 2 aromatic heterocycles. The zero-order chi connectivity index (χ0) is 15.2. The Balaban J connectivity index is 1.84.